The first-order chi connectivity index (χ1) is 23.3. The lowest BCUT2D eigenvalue weighted by Crippen LogP contribution is -2.01. The summed E-state index contributed by atoms with van der Waals surface area (Å²) < 4.78 is 2.61. The van der Waals surface area contributed by atoms with Crippen LogP contribution >= 0.6 is 11.3 Å². The minimum Gasteiger partial charge on any atom is -0.208 e. The van der Waals surface area contributed by atoms with Gasteiger partial charge in [0.25, 0.3) is 0 Å². The van der Waals surface area contributed by atoms with E-state index in [9.17, 15) is 0 Å². The Hall–Kier alpha value is -5.97. The minimum atomic E-state index is 0.646. The quantitative estimate of drug-likeness (QED) is 0.193. The number of hydrogen-bond donors (Lipinski definition) is 0. The Morgan fingerprint density at radius 1 is 0.319 bits per heavy atom. The van der Waals surface area contributed by atoms with Gasteiger partial charge in [-0.2, -0.15) is 0 Å². The Balaban J connectivity index is 1.23. The molecular formula is C43H27N3S. The highest BCUT2D eigenvalue weighted by Crippen LogP contribution is 2.41. The molecule has 9 rings (SSSR count). The van der Waals surface area contributed by atoms with Crippen molar-refractivity contribution in [2.24, 2.45) is 0 Å². The third-order valence-electron chi connectivity index (χ3n) is 8.75. The zero-order chi connectivity index (χ0) is 31.2. The Bertz CT molecular complexity index is 2550. The Morgan fingerprint density at radius 3 is 1.64 bits per heavy atom. The van der Waals surface area contributed by atoms with Gasteiger partial charge in [0.05, 0.1) is 0 Å². The third kappa shape index (κ3) is 4.96. The van der Waals surface area contributed by atoms with Crippen molar-refractivity contribution in [3.05, 3.63) is 164 Å². The fraction of sp³-hybridized carbons (Fsp3) is 0. The molecule has 0 saturated carbocycles. The van der Waals surface area contributed by atoms with E-state index in [4.69, 9.17) is 15.0 Å². The molecule has 0 fully saturated rings. The van der Waals surface area contributed by atoms with Crippen LogP contribution in [0, 0.1) is 0 Å². The Morgan fingerprint density at radius 2 is 0.872 bits per heavy atom. The zero-order valence-electron chi connectivity index (χ0n) is 25.3. The first kappa shape index (κ1) is 27.3. The van der Waals surface area contributed by atoms with Gasteiger partial charge in [-0.3, -0.25) is 0 Å². The van der Waals surface area contributed by atoms with Gasteiger partial charge in [0.2, 0.25) is 0 Å². The summed E-state index contributed by atoms with van der Waals surface area (Å²) in [5, 5.41) is 5.02. The van der Waals surface area contributed by atoms with Crippen molar-refractivity contribution in [2.45, 2.75) is 0 Å². The first-order valence-electron chi connectivity index (χ1n) is 15.7. The summed E-state index contributed by atoms with van der Waals surface area (Å²) in [6, 6.07) is 57.4. The van der Waals surface area contributed by atoms with Crippen LogP contribution in [-0.2, 0) is 0 Å². The van der Waals surface area contributed by atoms with E-state index in [1.807, 2.05) is 35.6 Å². The minimum absolute atomic E-state index is 0.646. The molecule has 0 radical (unpaired) electrons. The van der Waals surface area contributed by atoms with Gasteiger partial charge in [0.1, 0.15) is 0 Å². The van der Waals surface area contributed by atoms with Crippen LogP contribution < -0.4 is 0 Å². The van der Waals surface area contributed by atoms with Crippen LogP contribution in [0.5, 0.6) is 0 Å². The molecule has 0 spiro atoms. The molecule has 0 unspecified atom stereocenters. The molecule has 47 heavy (non-hydrogen) atoms. The van der Waals surface area contributed by atoms with Crippen LogP contribution in [0.15, 0.2) is 164 Å². The van der Waals surface area contributed by atoms with Gasteiger partial charge in [-0.1, -0.05) is 146 Å². The highest BCUT2D eigenvalue weighted by molar-refractivity contribution is 7.25. The Labute approximate surface area is 276 Å². The number of hydrogen-bond acceptors (Lipinski definition) is 4. The first-order valence-corrected chi connectivity index (χ1v) is 16.5. The molecule has 4 heteroatoms. The number of nitrogens with zero attached hydrogens (tertiary/aromatic N) is 3. The lowest BCUT2D eigenvalue weighted by atomic mass is 9.93. The molecule has 0 bridgehead atoms. The maximum Gasteiger partial charge on any atom is 0.164 e. The van der Waals surface area contributed by atoms with Crippen LogP contribution in [0.25, 0.3) is 87.4 Å². The van der Waals surface area contributed by atoms with E-state index in [0.29, 0.717) is 17.5 Å². The monoisotopic (exact) mass is 617 g/mol. The smallest absolute Gasteiger partial charge is 0.164 e. The second kappa shape index (κ2) is 11.4. The highest BCUT2D eigenvalue weighted by atomic mass is 32.1. The van der Waals surface area contributed by atoms with E-state index < -0.39 is 0 Å². The summed E-state index contributed by atoms with van der Waals surface area (Å²) in [6.45, 7) is 0. The molecule has 0 amide bonds. The van der Waals surface area contributed by atoms with E-state index in [1.54, 1.807) is 0 Å². The molecule has 7 aromatic carbocycles. The molecule has 0 aliphatic rings. The number of rotatable bonds is 5. The molecule has 2 aromatic heterocycles. The summed E-state index contributed by atoms with van der Waals surface area (Å²) in [4.78, 5) is 15.2. The van der Waals surface area contributed by atoms with Gasteiger partial charge in [-0.15, -0.1) is 11.3 Å². The summed E-state index contributed by atoms with van der Waals surface area (Å²) in [5.41, 5.74) is 7.45. The number of aromatic nitrogens is 3. The topological polar surface area (TPSA) is 38.7 Å². The van der Waals surface area contributed by atoms with E-state index in [0.717, 1.165) is 33.4 Å². The van der Waals surface area contributed by atoms with Crippen LogP contribution in [0.1, 0.15) is 0 Å². The summed E-state index contributed by atoms with van der Waals surface area (Å²) in [7, 11) is 0. The summed E-state index contributed by atoms with van der Waals surface area (Å²) in [5.74, 6) is 1.94. The largest absolute Gasteiger partial charge is 0.208 e. The SMILES string of the molecule is c1ccc(-c2ccc(-c3nc(-c4ccccc4)nc(-c4ccccc4-c4cccc5cc6sc7ccccc7c6cc45)n3)cc2)cc1. The number of fused-ring (bicyclic) bond motifs is 4. The third-order valence-corrected chi connectivity index (χ3v) is 9.89. The maximum absolute atomic E-state index is 5.13. The van der Waals surface area contributed by atoms with Crippen molar-refractivity contribution in [2.75, 3.05) is 0 Å². The van der Waals surface area contributed by atoms with Crippen molar-refractivity contribution in [1.82, 2.24) is 15.0 Å². The molecule has 0 saturated heterocycles. The number of benzene rings is 7. The standard InChI is InChI=1S/C43H27N3S/c1-3-12-28(13-4-1)29-22-24-31(25-23-29)42-44-41(30-14-5-2-6-15-30)45-43(46-42)36-19-8-7-17-33(36)34-20-11-16-32-26-40-38(27-37(32)34)35-18-9-10-21-39(35)47-40/h1-27H. The van der Waals surface area contributed by atoms with Crippen molar-refractivity contribution in [3.63, 3.8) is 0 Å². The van der Waals surface area contributed by atoms with Gasteiger partial charge < -0.3 is 0 Å². The lowest BCUT2D eigenvalue weighted by molar-refractivity contribution is 1.07. The molecule has 2 heterocycles. The molecule has 0 aliphatic heterocycles. The molecule has 220 valence electrons. The van der Waals surface area contributed by atoms with Crippen molar-refractivity contribution >= 4 is 42.3 Å². The lowest BCUT2D eigenvalue weighted by Gasteiger charge is -2.14. The second-order valence-corrected chi connectivity index (χ2v) is 12.7. The molecule has 9 aromatic rings. The fourth-order valence-electron chi connectivity index (χ4n) is 6.43. The van der Waals surface area contributed by atoms with Gasteiger partial charge >= 0.3 is 0 Å². The highest BCUT2D eigenvalue weighted by Gasteiger charge is 2.17. The average molecular weight is 618 g/mol. The van der Waals surface area contributed by atoms with Crippen LogP contribution in [0.3, 0.4) is 0 Å². The predicted molar refractivity (Wildman–Crippen MR) is 197 cm³/mol. The fourth-order valence-corrected chi connectivity index (χ4v) is 7.56. The van der Waals surface area contributed by atoms with Crippen LogP contribution in [0.2, 0.25) is 0 Å². The van der Waals surface area contributed by atoms with Gasteiger partial charge in [0, 0.05) is 36.9 Å². The Kier molecular flexibility index (Phi) is 6.65. The van der Waals surface area contributed by atoms with Crippen LogP contribution in [-0.4, -0.2) is 15.0 Å². The maximum atomic E-state index is 5.13. The van der Waals surface area contributed by atoms with Gasteiger partial charge in [-0.05, 0) is 51.2 Å². The average Bonchev–Trinajstić information content (AvgIpc) is 3.51. The van der Waals surface area contributed by atoms with Gasteiger partial charge in [-0.25, -0.2) is 15.0 Å². The summed E-state index contributed by atoms with van der Waals surface area (Å²) in [6.07, 6.45) is 0. The van der Waals surface area contributed by atoms with Crippen molar-refractivity contribution < 1.29 is 0 Å². The van der Waals surface area contributed by atoms with E-state index in [2.05, 4.69) is 140 Å². The summed E-state index contributed by atoms with van der Waals surface area (Å²) >= 11 is 1.85. The predicted octanol–water partition coefficient (Wildman–Crippen LogP) is 11.7. The van der Waals surface area contributed by atoms with E-state index in [1.165, 1.54) is 36.5 Å². The molecule has 0 atom stereocenters. The molecule has 0 N–H and O–H groups in total. The molecule has 0 aliphatic carbocycles. The number of thiophene rings is 1. The van der Waals surface area contributed by atoms with E-state index in [-0.39, 0.29) is 0 Å². The normalized spacial score (nSPS) is 11.4. The molecule has 3 nitrogen and oxygen atoms in total. The van der Waals surface area contributed by atoms with Crippen molar-refractivity contribution in [3.8, 4) is 56.4 Å². The van der Waals surface area contributed by atoms with Crippen molar-refractivity contribution in [1.29, 1.82) is 0 Å². The second-order valence-electron chi connectivity index (χ2n) is 11.6. The molecular weight excluding hydrogens is 591 g/mol. The van der Waals surface area contributed by atoms with Crippen LogP contribution in [0.4, 0.5) is 0 Å². The van der Waals surface area contributed by atoms with Gasteiger partial charge in [0.15, 0.2) is 17.5 Å². The zero-order valence-corrected chi connectivity index (χ0v) is 26.2. The van der Waals surface area contributed by atoms with E-state index >= 15 is 0 Å².